The van der Waals surface area contributed by atoms with E-state index in [4.69, 9.17) is 16.7 Å². The molecule has 17 heavy (non-hydrogen) atoms. The first kappa shape index (κ1) is 13.3. The molecule has 1 heterocycles. The average Bonchev–Trinajstić information content (AvgIpc) is 2.71. The van der Waals surface area contributed by atoms with Crippen LogP contribution in [-0.4, -0.2) is 34.2 Å². The molecule has 1 aliphatic carbocycles. The molecule has 0 aromatic carbocycles. The predicted molar refractivity (Wildman–Crippen MR) is 71.4 cm³/mol. The standard InChI is InChI=1S/C12H19ClN2OS/c13-7-10-9-17-12(14-10)8-15(5-2-6-16)11-3-1-4-11/h9,11,16H,1-8H2. The number of aliphatic hydroxyl groups excluding tert-OH is 1. The SMILES string of the molecule is OCCCN(Cc1nc(CCl)cs1)C1CCC1. The van der Waals surface area contributed by atoms with E-state index in [0.717, 1.165) is 30.2 Å². The number of nitrogens with zero attached hydrogens (tertiary/aromatic N) is 2. The molecule has 3 nitrogen and oxygen atoms in total. The van der Waals surface area contributed by atoms with Gasteiger partial charge >= 0.3 is 0 Å². The van der Waals surface area contributed by atoms with Gasteiger partial charge in [-0.15, -0.1) is 22.9 Å². The van der Waals surface area contributed by atoms with E-state index in [9.17, 15) is 0 Å². The lowest BCUT2D eigenvalue weighted by Gasteiger charge is -2.37. The number of aromatic nitrogens is 1. The Morgan fingerprint density at radius 2 is 2.35 bits per heavy atom. The minimum absolute atomic E-state index is 0.272. The van der Waals surface area contributed by atoms with Crippen molar-refractivity contribution in [2.45, 2.75) is 44.1 Å². The van der Waals surface area contributed by atoms with Crippen LogP contribution in [0.25, 0.3) is 0 Å². The van der Waals surface area contributed by atoms with Crippen LogP contribution in [0.1, 0.15) is 36.4 Å². The fourth-order valence-corrected chi connectivity index (χ4v) is 3.12. The molecule has 1 aromatic rings. The molecular weight excluding hydrogens is 256 g/mol. The summed E-state index contributed by atoms with van der Waals surface area (Å²) in [5, 5.41) is 12.1. The van der Waals surface area contributed by atoms with Crippen LogP contribution in [0.5, 0.6) is 0 Å². The maximum absolute atomic E-state index is 8.94. The molecule has 96 valence electrons. The first-order chi connectivity index (χ1) is 8.33. The number of hydrogen-bond donors (Lipinski definition) is 1. The second kappa shape index (κ2) is 6.69. The highest BCUT2D eigenvalue weighted by molar-refractivity contribution is 7.09. The normalized spacial score (nSPS) is 16.4. The molecule has 1 fully saturated rings. The molecule has 0 aliphatic heterocycles. The van der Waals surface area contributed by atoms with Gasteiger partial charge in [-0.3, -0.25) is 4.90 Å². The Morgan fingerprint density at radius 3 is 2.88 bits per heavy atom. The summed E-state index contributed by atoms with van der Waals surface area (Å²) in [5.74, 6) is 0.497. The quantitative estimate of drug-likeness (QED) is 0.777. The van der Waals surface area contributed by atoms with Crippen molar-refractivity contribution >= 4 is 22.9 Å². The largest absolute Gasteiger partial charge is 0.396 e. The van der Waals surface area contributed by atoms with Crippen LogP contribution in [-0.2, 0) is 12.4 Å². The van der Waals surface area contributed by atoms with E-state index in [-0.39, 0.29) is 6.61 Å². The monoisotopic (exact) mass is 274 g/mol. The first-order valence-electron chi connectivity index (χ1n) is 6.17. The average molecular weight is 275 g/mol. The number of hydrogen-bond acceptors (Lipinski definition) is 4. The van der Waals surface area contributed by atoms with Crippen molar-refractivity contribution in [3.8, 4) is 0 Å². The fraction of sp³-hybridized carbons (Fsp3) is 0.750. The molecule has 1 saturated carbocycles. The summed E-state index contributed by atoms with van der Waals surface area (Å²) in [6.45, 7) is 2.15. The topological polar surface area (TPSA) is 36.4 Å². The molecule has 0 amide bonds. The van der Waals surface area contributed by atoms with E-state index in [1.165, 1.54) is 19.3 Å². The van der Waals surface area contributed by atoms with E-state index >= 15 is 0 Å². The molecule has 2 rings (SSSR count). The Hall–Kier alpha value is -0.160. The van der Waals surface area contributed by atoms with Gasteiger partial charge in [0, 0.05) is 24.6 Å². The van der Waals surface area contributed by atoms with Gasteiger partial charge in [0.2, 0.25) is 0 Å². The molecule has 1 aliphatic rings. The predicted octanol–water partition coefficient (Wildman–Crippen LogP) is 2.62. The van der Waals surface area contributed by atoms with Gasteiger partial charge in [-0.05, 0) is 19.3 Å². The molecule has 0 bridgehead atoms. The van der Waals surface area contributed by atoms with Gasteiger partial charge in [-0.1, -0.05) is 6.42 Å². The van der Waals surface area contributed by atoms with Crippen LogP contribution in [0.15, 0.2) is 5.38 Å². The summed E-state index contributed by atoms with van der Waals surface area (Å²) in [7, 11) is 0. The molecular formula is C12H19ClN2OS. The third kappa shape index (κ3) is 3.65. The van der Waals surface area contributed by atoms with Crippen molar-refractivity contribution in [3.63, 3.8) is 0 Å². The zero-order valence-corrected chi connectivity index (χ0v) is 11.5. The molecule has 1 N–H and O–H groups in total. The summed E-state index contributed by atoms with van der Waals surface area (Å²) in [5.41, 5.74) is 0.974. The lowest BCUT2D eigenvalue weighted by molar-refractivity contribution is 0.109. The van der Waals surface area contributed by atoms with Crippen molar-refractivity contribution in [2.75, 3.05) is 13.2 Å². The molecule has 5 heteroatoms. The summed E-state index contributed by atoms with van der Waals surface area (Å²) >= 11 is 7.45. The Morgan fingerprint density at radius 1 is 1.53 bits per heavy atom. The van der Waals surface area contributed by atoms with Gasteiger partial charge in [0.25, 0.3) is 0 Å². The molecule has 0 spiro atoms. The highest BCUT2D eigenvalue weighted by Crippen LogP contribution is 2.27. The van der Waals surface area contributed by atoms with Crippen molar-refractivity contribution in [1.29, 1.82) is 0 Å². The minimum Gasteiger partial charge on any atom is -0.396 e. The van der Waals surface area contributed by atoms with E-state index in [0.29, 0.717) is 11.9 Å². The van der Waals surface area contributed by atoms with Gasteiger partial charge < -0.3 is 5.11 Å². The molecule has 0 radical (unpaired) electrons. The van der Waals surface area contributed by atoms with Gasteiger partial charge in [-0.25, -0.2) is 4.98 Å². The molecule has 1 aromatic heterocycles. The van der Waals surface area contributed by atoms with E-state index < -0.39 is 0 Å². The van der Waals surface area contributed by atoms with E-state index in [1.54, 1.807) is 11.3 Å². The van der Waals surface area contributed by atoms with Crippen molar-refractivity contribution < 1.29 is 5.11 Å². The second-order valence-corrected chi connectivity index (χ2v) is 5.71. The highest BCUT2D eigenvalue weighted by Gasteiger charge is 2.25. The van der Waals surface area contributed by atoms with Crippen LogP contribution in [0, 0.1) is 0 Å². The zero-order valence-electron chi connectivity index (χ0n) is 9.94. The third-order valence-electron chi connectivity index (χ3n) is 3.27. The summed E-state index contributed by atoms with van der Waals surface area (Å²) in [6.07, 6.45) is 4.77. The maximum atomic E-state index is 8.94. The summed E-state index contributed by atoms with van der Waals surface area (Å²) in [6, 6.07) is 0.699. The Kier molecular flexibility index (Phi) is 5.22. The van der Waals surface area contributed by atoms with Crippen molar-refractivity contribution in [2.24, 2.45) is 0 Å². The molecule has 0 saturated heterocycles. The molecule has 0 atom stereocenters. The van der Waals surface area contributed by atoms with Gasteiger partial charge in [-0.2, -0.15) is 0 Å². The number of halogens is 1. The maximum Gasteiger partial charge on any atom is 0.107 e. The van der Waals surface area contributed by atoms with Gasteiger partial charge in [0.1, 0.15) is 5.01 Å². The number of aliphatic hydroxyl groups is 1. The Bertz CT molecular complexity index is 341. The molecule has 0 unspecified atom stereocenters. The number of alkyl halides is 1. The number of thiazole rings is 1. The van der Waals surface area contributed by atoms with Crippen LogP contribution in [0.4, 0.5) is 0 Å². The lowest BCUT2D eigenvalue weighted by Crippen LogP contribution is -2.40. The first-order valence-corrected chi connectivity index (χ1v) is 7.59. The third-order valence-corrected chi connectivity index (χ3v) is 4.43. The van der Waals surface area contributed by atoms with Crippen LogP contribution in [0.3, 0.4) is 0 Å². The van der Waals surface area contributed by atoms with E-state index in [2.05, 4.69) is 9.88 Å². The lowest BCUT2D eigenvalue weighted by atomic mass is 9.91. The smallest absolute Gasteiger partial charge is 0.107 e. The number of rotatable bonds is 7. The Balaban J connectivity index is 1.90. The fourth-order valence-electron chi connectivity index (χ4n) is 2.07. The summed E-state index contributed by atoms with van der Waals surface area (Å²) in [4.78, 5) is 6.95. The zero-order chi connectivity index (χ0) is 12.1. The summed E-state index contributed by atoms with van der Waals surface area (Å²) < 4.78 is 0. The Labute approximate surface area is 111 Å². The van der Waals surface area contributed by atoms with Crippen LogP contribution in [0.2, 0.25) is 0 Å². The van der Waals surface area contributed by atoms with E-state index in [1.807, 2.05) is 5.38 Å². The van der Waals surface area contributed by atoms with Crippen molar-refractivity contribution in [1.82, 2.24) is 9.88 Å². The van der Waals surface area contributed by atoms with Crippen molar-refractivity contribution in [3.05, 3.63) is 16.1 Å². The van der Waals surface area contributed by atoms with Gasteiger partial charge in [0.05, 0.1) is 18.1 Å². The van der Waals surface area contributed by atoms with Crippen LogP contribution < -0.4 is 0 Å². The van der Waals surface area contributed by atoms with Crippen LogP contribution >= 0.6 is 22.9 Å². The second-order valence-electron chi connectivity index (χ2n) is 4.50. The highest BCUT2D eigenvalue weighted by atomic mass is 35.5. The minimum atomic E-state index is 0.272. The van der Waals surface area contributed by atoms with Gasteiger partial charge in [0.15, 0.2) is 0 Å².